The summed E-state index contributed by atoms with van der Waals surface area (Å²) in [6.45, 7) is 4.12. The molecule has 3 aromatic rings. The summed E-state index contributed by atoms with van der Waals surface area (Å²) in [4.78, 5) is 4.31. The van der Waals surface area contributed by atoms with Crippen molar-refractivity contribution in [1.82, 2.24) is 4.98 Å². The van der Waals surface area contributed by atoms with E-state index in [1.54, 1.807) is 0 Å². The third-order valence-corrected chi connectivity index (χ3v) is 2.97. The molecule has 0 aliphatic rings. The molecule has 0 spiro atoms. The summed E-state index contributed by atoms with van der Waals surface area (Å²) in [6, 6.07) is 8.37. The van der Waals surface area contributed by atoms with E-state index in [9.17, 15) is 0 Å². The molecule has 80 valence electrons. The maximum absolute atomic E-state index is 5.84. The van der Waals surface area contributed by atoms with Crippen LogP contribution >= 0.6 is 0 Å². The third-order valence-electron chi connectivity index (χ3n) is 2.97. The van der Waals surface area contributed by atoms with Crippen molar-refractivity contribution in [2.75, 3.05) is 0 Å². The van der Waals surface area contributed by atoms with Crippen LogP contribution in [-0.4, -0.2) is 4.98 Å². The SMILES string of the molecule is CCc1ccc2c(c1)oc1cc(C)ncc12. The maximum Gasteiger partial charge on any atom is 0.138 e. The maximum atomic E-state index is 5.84. The van der Waals surface area contributed by atoms with E-state index >= 15 is 0 Å². The Kier molecular flexibility index (Phi) is 1.96. The van der Waals surface area contributed by atoms with Crippen molar-refractivity contribution in [1.29, 1.82) is 0 Å². The number of aryl methyl sites for hydroxylation is 2. The third kappa shape index (κ3) is 1.30. The van der Waals surface area contributed by atoms with Crippen molar-refractivity contribution >= 4 is 21.9 Å². The summed E-state index contributed by atoms with van der Waals surface area (Å²) >= 11 is 0. The van der Waals surface area contributed by atoms with Crippen LogP contribution in [0.3, 0.4) is 0 Å². The van der Waals surface area contributed by atoms with Gasteiger partial charge >= 0.3 is 0 Å². The van der Waals surface area contributed by atoms with Crippen LogP contribution in [0.2, 0.25) is 0 Å². The van der Waals surface area contributed by atoms with Crippen molar-refractivity contribution in [3.8, 4) is 0 Å². The highest BCUT2D eigenvalue weighted by atomic mass is 16.3. The molecule has 0 N–H and O–H groups in total. The Morgan fingerprint density at radius 1 is 1.12 bits per heavy atom. The number of hydrogen-bond acceptors (Lipinski definition) is 2. The van der Waals surface area contributed by atoms with Crippen LogP contribution in [0.5, 0.6) is 0 Å². The molecule has 3 rings (SSSR count). The van der Waals surface area contributed by atoms with Crippen molar-refractivity contribution in [3.05, 3.63) is 41.7 Å². The van der Waals surface area contributed by atoms with Gasteiger partial charge in [-0.05, 0) is 25.0 Å². The molecule has 16 heavy (non-hydrogen) atoms. The van der Waals surface area contributed by atoms with Crippen LogP contribution in [-0.2, 0) is 6.42 Å². The zero-order chi connectivity index (χ0) is 11.1. The van der Waals surface area contributed by atoms with E-state index in [0.717, 1.165) is 34.1 Å². The number of hydrogen-bond donors (Lipinski definition) is 0. The Hall–Kier alpha value is -1.83. The van der Waals surface area contributed by atoms with Gasteiger partial charge in [0.1, 0.15) is 11.2 Å². The van der Waals surface area contributed by atoms with E-state index in [0.29, 0.717) is 0 Å². The molecule has 1 aromatic carbocycles. The van der Waals surface area contributed by atoms with Crippen LogP contribution in [0, 0.1) is 6.92 Å². The fourth-order valence-electron chi connectivity index (χ4n) is 2.03. The van der Waals surface area contributed by atoms with Crippen LogP contribution in [0.15, 0.2) is 34.9 Å². The quantitative estimate of drug-likeness (QED) is 0.611. The lowest BCUT2D eigenvalue weighted by atomic mass is 10.1. The molecule has 0 bridgehead atoms. The molecule has 2 heteroatoms. The summed E-state index contributed by atoms with van der Waals surface area (Å²) in [7, 11) is 0. The molecule has 0 fully saturated rings. The average Bonchev–Trinajstić information content (AvgIpc) is 2.64. The topological polar surface area (TPSA) is 26.0 Å². The van der Waals surface area contributed by atoms with Gasteiger partial charge in [-0.3, -0.25) is 4.98 Å². The fraction of sp³-hybridized carbons (Fsp3) is 0.214. The van der Waals surface area contributed by atoms with Crippen LogP contribution < -0.4 is 0 Å². The minimum absolute atomic E-state index is 0.927. The molecule has 0 atom stereocenters. The highest BCUT2D eigenvalue weighted by Gasteiger charge is 2.07. The van der Waals surface area contributed by atoms with Crippen molar-refractivity contribution < 1.29 is 4.42 Å². The zero-order valence-corrected chi connectivity index (χ0v) is 9.45. The molecule has 0 aliphatic carbocycles. The first-order chi connectivity index (χ1) is 7.78. The molecule has 2 heterocycles. The molecular weight excluding hydrogens is 198 g/mol. The first kappa shape index (κ1) is 9.40. The monoisotopic (exact) mass is 211 g/mol. The smallest absolute Gasteiger partial charge is 0.138 e. The van der Waals surface area contributed by atoms with E-state index in [1.165, 1.54) is 5.56 Å². The minimum atomic E-state index is 0.927. The van der Waals surface area contributed by atoms with Gasteiger partial charge < -0.3 is 4.42 Å². The van der Waals surface area contributed by atoms with E-state index in [-0.39, 0.29) is 0 Å². The van der Waals surface area contributed by atoms with Gasteiger partial charge in [0, 0.05) is 28.7 Å². The van der Waals surface area contributed by atoms with Gasteiger partial charge in [-0.25, -0.2) is 0 Å². The van der Waals surface area contributed by atoms with E-state index < -0.39 is 0 Å². The standard InChI is InChI=1S/C14H13NO/c1-3-10-4-5-11-12-8-15-9(2)6-13(12)16-14(11)7-10/h4-8H,3H2,1-2H3. The van der Waals surface area contributed by atoms with E-state index in [4.69, 9.17) is 4.42 Å². The molecule has 0 unspecified atom stereocenters. The van der Waals surface area contributed by atoms with Crippen LogP contribution in [0.1, 0.15) is 18.2 Å². The van der Waals surface area contributed by atoms with Gasteiger partial charge in [0.25, 0.3) is 0 Å². The van der Waals surface area contributed by atoms with Crippen molar-refractivity contribution in [2.45, 2.75) is 20.3 Å². The van der Waals surface area contributed by atoms with Crippen molar-refractivity contribution in [2.24, 2.45) is 0 Å². The van der Waals surface area contributed by atoms with Gasteiger partial charge in [-0.15, -0.1) is 0 Å². The second-order valence-corrected chi connectivity index (χ2v) is 4.11. The second-order valence-electron chi connectivity index (χ2n) is 4.11. The Balaban J connectivity index is 2.40. The van der Waals surface area contributed by atoms with Gasteiger partial charge in [-0.1, -0.05) is 19.1 Å². The summed E-state index contributed by atoms with van der Waals surface area (Å²) in [5.74, 6) is 0. The Morgan fingerprint density at radius 3 is 2.75 bits per heavy atom. The lowest BCUT2D eigenvalue weighted by Crippen LogP contribution is -1.78. The Morgan fingerprint density at radius 2 is 1.94 bits per heavy atom. The number of pyridine rings is 1. The van der Waals surface area contributed by atoms with Gasteiger partial charge in [0.15, 0.2) is 0 Å². The predicted octanol–water partition coefficient (Wildman–Crippen LogP) is 3.85. The van der Waals surface area contributed by atoms with Gasteiger partial charge in [0.05, 0.1) is 0 Å². The predicted molar refractivity (Wildman–Crippen MR) is 65.6 cm³/mol. The number of nitrogens with zero attached hydrogens (tertiary/aromatic N) is 1. The summed E-state index contributed by atoms with van der Waals surface area (Å²) in [6.07, 6.45) is 2.92. The van der Waals surface area contributed by atoms with E-state index in [1.807, 2.05) is 19.2 Å². The summed E-state index contributed by atoms with van der Waals surface area (Å²) in [5, 5.41) is 2.25. The zero-order valence-electron chi connectivity index (χ0n) is 9.45. The Bertz CT molecular complexity index is 667. The number of benzene rings is 1. The largest absolute Gasteiger partial charge is 0.456 e. The van der Waals surface area contributed by atoms with Crippen molar-refractivity contribution in [3.63, 3.8) is 0 Å². The molecule has 0 radical (unpaired) electrons. The highest BCUT2D eigenvalue weighted by Crippen LogP contribution is 2.29. The van der Waals surface area contributed by atoms with Crippen LogP contribution in [0.4, 0.5) is 0 Å². The van der Waals surface area contributed by atoms with Gasteiger partial charge in [0.2, 0.25) is 0 Å². The van der Waals surface area contributed by atoms with Crippen LogP contribution in [0.25, 0.3) is 21.9 Å². The molecule has 0 amide bonds. The average molecular weight is 211 g/mol. The number of aromatic nitrogens is 1. The van der Waals surface area contributed by atoms with E-state index in [2.05, 4.69) is 30.1 Å². The number of fused-ring (bicyclic) bond motifs is 3. The Labute approximate surface area is 93.9 Å². The molecule has 0 aliphatic heterocycles. The molecule has 0 saturated heterocycles. The lowest BCUT2D eigenvalue weighted by molar-refractivity contribution is 0.667. The summed E-state index contributed by atoms with van der Waals surface area (Å²) < 4.78 is 5.84. The highest BCUT2D eigenvalue weighted by molar-refractivity contribution is 6.04. The molecular formula is C14H13NO. The normalized spacial score (nSPS) is 11.4. The first-order valence-electron chi connectivity index (χ1n) is 5.55. The molecule has 2 nitrogen and oxygen atoms in total. The molecule has 0 saturated carbocycles. The lowest BCUT2D eigenvalue weighted by Gasteiger charge is -1.94. The number of furan rings is 1. The minimum Gasteiger partial charge on any atom is -0.456 e. The second kappa shape index (κ2) is 3.34. The summed E-state index contributed by atoms with van der Waals surface area (Å²) in [5.41, 5.74) is 4.18. The fourth-order valence-corrected chi connectivity index (χ4v) is 2.03. The number of rotatable bonds is 1. The molecule has 2 aromatic heterocycles. The van der Waals surface area contributed by atoms with Gasteiger partial charge in [-0.2, -0.15) is 0 Å². The first-order valence-corrected chi connectivity index (χ1v) is 5.55.